The van der Waals surface area contributed by atoms with Crippen molar-refractivity contribution in [1.29, 1.82) is 0 Å². The molecule has 0 radical (unpaired) electrons. The van der Waals surface area contributed by atoms with Crippen LogP contribution in [0, 0.1) is 10.1 Å². The Morgan fingerprint density at radius 3 is 2.54 bits per heavy atom. The molecule has 1 heterocycles. The van der Waals surface area contributed by atoms with E-state index >= 15 is 0 Å². The first-order valence-corrected chi connectivity index (χ1v) is 8.22. The highest BCUT2D eigenvalue weighted by molar-refractivity contribution is 7.09. The molecule has 0 saturated heterocycles. The average Bonchev–Trinajstić information content (AvgIpc) is 3.00. The number of non-ortho nitro benzene ring substituents is 1. The number of rotatable bonds is 6. The molecule has 1 aromatic heterocycles. The fraction of sp³-hybridized carbons (Fsp3) is 0.375. The van der Waals surface area contributed by atoms with Gasteiger partial charge in [-0.3, -0.25) is 14.9 Å². The maximum Gasteiger partial charge on any atom is 0.269 e. The van der Waals surface area contributed by atoms with Crippen LogP contribution in [0.2, 0.25) is 0 Å². The number of nitrogens with one attached hydrogen (secondary N) is 1. The summed E-state index contributed by atoms with van der Waals surface area (Å²) in [6.07, 6.45) is 0. The van der Waals surface area contributed by atoms with Crippen molar-refractivity contribution >= 4 is 22.9 Å². The van der Waals surface area contributed by atoms with E-state index in [-0.39, 0.29) is 23.6 Å². The van der Waals surface area contributed by atoms with Crippen LogP contribution in [0.15, 0.2) is 29.6 Å². The maximum atomic E-state index is 11.8. The van der Waals surface area contributed by atoms with Gasteiger partial charge in [0.05, 0.1) is 17.2 Å². The molecule has 0 atom stereocenters. The van der Waals surface area contributed by atoms with Crippen LogP contribution in [-0.2, 0) is 16.8 Å². The fourth-order valence-corrected chi connectivity index (χ4v) is 2.74. The third kappa shape index (κ3) is 5.02. The Hall–Kier alpha value is -2.48. The molecule has 0 fully saturated rings. The number of ether oxygens (including phenoxy) is 1. The lowest BCUT2D eigenvalue weighted by Crippen LogP contribution is -2.28. The Morgan fingerprint density at radius 2 is 2.00 bits per heavy atom. The predicted octanol–water partition coefficient (Wildman–Crippen LogP) is 3.04. The molecule has 0 unspecified atom stereocenters. The van der Waals surface area contributed by atoms with E-state index < -0.39 is 4.92 Å². The Labute approximate surface area is 143 Å². The van der Waals surface area contributed by atoms with E-state index in [0.717, 1.165) is 10.7 Å². The van der Waals surface area contributed by atoms with E-state index in [1.54, 1.807) is 0 Å². The minimum atomic E-state index is -0.490. The van der Waals surface area contributed by atoms with E-state index in [2.05, 4.69) is 31.1 Å². The average molecular weight is 349 g/mol. The first-order chi connectivity index (χ1) is 11.3. The van der Waals surface area contributed by atoms with Crippen molar-refractivity contribution < 1.29 is 14.5 Å². The van der Waals surface area contributed by atoms with E-state index in [4.69, 9.17) is 4.74 Å². The van der Waals surface area contributed by atoms with E-state index in [1.165, 1.54) is 35.6 Å². The van der Waals surface area contributed by atoms with E-state index in [0.29, 0.717) is 12.3 Å². The molecule has 1 N–H and O–H groups in total. The van der Waals surface area contributed by atoms with Crippen LogP contribution in [0.4, 0.5) is 5.69 Å². The molecule has 0 spiro atoms. The zero-order chi connectivity index (χ0) is 17.7. The number of benzene rings is 1. The maximum absolute atomic E-state index is 11.8. The minimum Gasteiger partial charge on any atom is -0.484 e. The first-order valence-electron chi connectivity index (χ1n) is 7.34. The minimum absolute atomic E-state index is 0.0161. The zero-order valence-electron chi connectivity index (χ0n) is 13.7. The monoisotopic (exact) mass is 349 g/mol. The largest absolute Gasteiger partial charge is 0.484 e. The highest BCUT2D eigenvalue weighted by Gasteiger charge is 2.17. The summed E-state index contributed by atoms with van der Waals surface area (Å²) in [4.78, 5) is 26.4. The molecule has 128 valence electrons. The number of nitro groups is 1. The van der Waals surface area contributed by atoms with Crippen molar-refractivity contribution in [2.45, 2.75) is 32.7 Å². The van der Waals surface area contributed by atoms with Gasteiger partial charge in [0, 0.05) is 22.9 Å². The van der Waals surface area contributed by atoms with Gasteiger partial charge < -0.3 is 10.1 Å². The molecule has 0 aliphatic heterocycles. The lowest BCUT2D eigenvalue weighted by Gasteiger charge is -2.14. The summed E-state index contributed by atoms with van der Waals surface area (Å²) in [6, 6.07) is 5.58. The van der Waals surface area contributed by atoms with Crippen LogP contribution in [0.25, 0.3) is 0 Å². The van der Waals surface area contributed by atoms with Crippen LogP contribution < -0.4 is 10.1 Å². The van der Waals surface area contributed by atoms with Crippen molar-refractivity contribution in [3.8, 4) is 5.75 Å². The molecule has 8 heteroatoms. The molecular weight excluding hydrogens is 330 g/mol. The topological polar surface area (TPSA) is 94.4 Å². The lowest BCUT2D eigenvalue weighted by molar-refractivity contribution is -0.384. The number of nitro benzene ring substituents is 1. The van der Waals surface area contributed by atoms with Gasteiger partial charge in [0.15, 0.2) is 6.61 Å². The quantitative estimate of drug-likeness (QED) is 0.639. The van der Waals surface area contributed by atoms with Crippen LogP contribution in [0.1, 0.15) is 31.5 Å². The smallest absolute Gasteiger partial charge is 0.269 e. The SMILES string of the molecule is CC(C)(C)c1csc(CNC(=O)COc2ccc([N+](=O)[O-])cc2)n1. The van der Waals surface area contributed by atoms with Crippen molar-refractivity contribution in [2.24, 2.45) is 0 Å². The molecule has 0 aliphatic rings. The number of carbonyl (C=O) groups is 1. The van der Waals surface area contributed by atoms with E-state index in [9.17, 15) is 14.9 Å². The molecule has 2 rings (SSSR count). The molecule has 2 aromatic rings. The summed E-state index contributed by atoms with van der Waals surface area (Å²) in [5.74, 6) is 0.126. The Morgan fingerprint density at radius 1 is 1.33 bits per heavy atom. The summed E-state index contributed by atoms with van der Waals surface area (Å²) in [7, 11) is 0. The van der Waals surface area contributed by atoms with Crippen molar-refractivity contribution in [1.82, 2.24) is 10.3 Å². The summed E-state index contributed by atoms with van der Waals surface area (Å²) >= 11 is 1.51. The zero-order valence-corrected chi connectivity index (χ0v) is 14.6. The van der Waals surface area contributed by atoms with Crippen LogP contribution >= 0.6 is 11.3 Å². The van der Waals surface area contributed by atoms with Gasteiger partial charge in [-0.05, 0) is 12.1 Å². The first kappa shape index (κ1) is 17.9. The third-order valence-electron chi connectivity index (χ3n) is 3.17. The second-order valence-corrected chi connectivity index (χ2v) is 7.14. The molecule has 0 saturated carbocycles. The Balaban J connectivity index is 1.79. The summed E-state index contributed by atoms with van der Waals surface area (Å²) in [6.45, 7) is 6.45. The number of carbonyl (C=O) groups excluding carboxylic acids is 1. The third-order valence-corrected chi connectivity index (χ3v) is 4.02. The number of hydrogen-bond acceptors (Lipinski definition) is 6. The summed E-state index contributed by atoms with van der Waals surface area (Å²) < 4.78 is 5.30. The summed E-state index contributed by atoms with van der Waals surface area (Å²) in [5, 5.41) is 16.1. The Bertz CT molecular complexity index is 720. The number of amides is 1. The molecule has 24 heavy (non-hydrogen) atoms. The van der Waals surface area contributed by atoms with Gasteiger partial charge in [0.2, 0.25) is 0 Å². The van der Waals surface area contributed by atoms with Gasteiger partial charge in [-0.1, -0.05) is 20.8 Å². The number of hydrogen-bond donors (Lipinski definition) is 1. The van der Waals surface area contributed by atoms with Gasteiger partial charge in [-0.25, -0.2) is 4.98 Å². The van der Waals surface area contributed by atoms with Crippen LogP contribution in [0.3, 0.4) is 0 Å². The number of thiazole rings is 1. The molecule has 7 nitrogen and oxygen atoms in total. The van der Waals surface area contributed by atoms with Gasteiger partial charge in [0.1, 0.15) is 10.8 Å². The molecule has 0 aliphatic carbocycles. The fourth-order valence-electron chi connectivity index (χ4n) is 1.77. The normalized spacial score (nSPS) is 11.1. The molecule has 1 aromatic carbocycles. The summed E-state index contributed by atoms with van der Waals surface area (Å²) in [5.41, 5.74) is 0.960. The Kier molecular flexibility index (Phi) is 5.50. The number of nitrogens with zero attached hydrogens (tertiary/aromatic N) is 2. The van der Waals surface area contributed by atoms with Gasteiger partial charge >= 0.3 is 0 Å². The van der Waals surface area contributed by atoms with Gasteiger partial charge in [-0.2, -0.15) is 0 Å². The van der Waals surface area contributed by atoms with Crippen molar-refractivity contribution in [2.75, 3.05) is 6.61 Å². The highest BCUT2D eigenvalue weighted by Crippen LogP contribution is 2.23. The van der Waals surface area contributed by atoms with Crippen LogP contribution in [-0.4, -0.2) is 22.4 Å². The standard InChI is InChI=1S/C16H19N3O4S/c1-16(2,3)13-10-24-15(18-13)8-17-14(20)9-23-12-6-4-11(5-7-12)19(21)22/h4-7,10H,8-9H2,1-3H3,(H,17,20). The number of aromatic nitrogens is 1. The van der Waals surface area contributed by atoms with Crippen LogP contribution in [0.5, 0.6) is 5.75 Å². The second-order valence-electron chi connectivity index (χ2n) is 6.19. The van der Waals surface area contributed by atoms with Crippen molar-refractivity contribution in [3.05, 3.63) is 50.5 Å². The van der Waals surface area contributed by atoms with E-state index in [1.807, 2.05) is 5.38 Å². The second kappa shape index (κ2) is 7.39. The molecule has 0 bridgehead atoms. The predicted molar refractivity (Wildman–Crippen MR) is 91.3 cm³/mol. The van der Waals surface area contributed by atoms with Gasteiger partial charge in [-0.15, -0.1) is 11.3 Å². The molecular formula is C16H19N3O4S. The van der Waals surface area contributed by atoms with Crippen molar-refractivity contribution in [3.63, 3.8) is 0 Å². The lowest BCUT2D eigenvalue weighted by atomic mass is 9.93. The molecule has 1 amide bonds. The highest BCUT2D eigenvalue weighted by atomic mass is 32.1. The van der Waals surface area contributed by atoms with Gasteiger partial charge in [0.25, 0.3) is 11.6 Å².